The van der Waals surface area contributed by atoms with Crippen LogP contribution in [0.5, 0.6) is 0 Å². The molecule has 1 aliphatic carbocycles. The minimum absolute atomic E-state index is 0.0137. The van der Waals surface area contributed by atoms with Gasteiger partial charge in [-0.2, -0.15) is 0 Å². The summed E-state index contributed by atoms with van der Waals surface area (Å²) in [4.78, 5) is 20.5. The first-order valence-electron chi connectivity index (χ1n) is 11.2. The third-order valence-corrected chi connectivity index (χ3v) is 6.28. The van der Waals surface area contributed by atoms with Crippen LogP contribution in [0.25, 0.3) is 0 Å². The van der Waals surface area contributed by atoms with E-state index in [2.05, 4.69) is 15.3 Å². The van der Waals surface area contributed by atoms with Crippen LogP contribution in [0.2, 0.25) is 0 Å². The van der Waals surface area contributed by atoms with Crippen molar-refractivity contribution < 1.29 is 13.6 Å². The Morgan fingerprint density at radius 2 is 1.76 bits per heavy atom. The summed E-state index contributed by atoms with van der Waals surface area (Å²) in [6.45, 7) is 1.98. The van der Waals surface area contributed by atoms with Gasteiger partial charge in [0.25, 0.3) is 0 Å². The van der Waals surface area contributed by atoms with Gasteiger partial charge in [-0.1, -0.05) is 30.3 Å². The largest absolute Gasteiger partial charge is 0.350 e. The van der Waals surface area contributed by atoms with Crippen molar-refractivity contribution in [3.63, 3.8) is 0 Å². The Hall–Kier alpha value is -3.41. The van der Waals surface area contributed by atoms with Crippen molar-refractivity contribution in [1.29, 1.82) is 0 Å². The molecule has 0 radical (unpaired) electrons. The molecule has 1 heterocycles. The zero-order valence-electron chi connectivity index (χ0n) is 18.5. The van der Waals surface area contributed by atoms with Crippen LogP contribution in [0.3, 0.4) is 0 Å². The summed E-state index contributed by atoms with van der Waals surface area (Å²) < 4.78 is 27.9. The zero-order valence-corrected chi connectivity index (χ0v) is 18.5. The highest BCUT2D eigenvalue weighted by Crippen LogP contribution is 2.59. The highest BCUT2D eigenvalue weighted by Gasteiger charge is 2.55. The molecule has 0 spiro atoms. The number of halogens is 2. The number of nitrogens with zero attached hydrogens (tertiary/aromatic N) is 2. The molecule has 0 unspecified atom stereocenters. The van der Waals surface area contributed by atoms with Gasteiger partial charge in [-0.05, 0) is 85.6 Å². The third kappa shape index (κ3) is 5.51. The van der Waals surface area contributed by atoms with Crippen molar-refractivity contribution >= 4 is 5.91 Å². The molecule has 1 aliphatic rings. The quantitative estimate of drug-likeness (QED) is 0.462. The molecule has 4 nitrogen and oxygen atoms in total. The summed E-state index contributed by atoms with van der Waals surface area (Å²) >= 11 is 0. The van der Waals surface area contributed by atoms with E-state index in [1.807, 2.05) is 25.1 Å². The van der Waals surface area contributed by atoms with E-state index in [1.54, 1.807) is 30.6 Å². The van der Waals surface area contributed by atoms with Crippen molar-refractivity contribution in [3.05, 3.63) is 108 Å². The van der Waals surface area contributed by atoms with E-state index in [0.29, 0.717) is 6.42 Å². The topological polar surface area (TPSA) is 54.9 Å². The number of aromatic nitrogens is 2. The number of hydrogen-bond acceptors (Lipinski definition) is 3. The smallest absolute Gasteiger partial charge is 0.243 e. The molecule has 4 rings (SSSR count). The minimum Gasteiger partial charge on any atom is -0.350 e. The maximum atomic E-state index is 14.0. The predicted molar refractivity (Wildman–Crippen MR) is 123 cm³/mol. The van der Waals surface area contributed by atoms with E-state index in [4.69, 9.17) is 0 Å². The SMILES string of the molecule is C[C@@H](CCCc1cncnc1)NC(=O)C=C[C@H]1CC1(c1cccc(F)c1)c1cccc(F)c1. The maximum Gasteiger partial charge on any atom is 0.243 e. The fourth-order valence-corrected chi connectivity index (χ4v) is 4.52. The van der Waals surface area contributed by atoms with E-state index in [-0.39, 0.29) is 29.5 Å². The molecule has 2 atom stereocenters. The molecule has 33 heavy (non-hydrogen) atoms. The van der Waals surface area contributed by atoms with Crippen LogP contribution in [0.4, 0.5) is 8.78 Å². The van der Waals surface area contributed by atoms with E-state index in [9.17, 15) is 13.6 Å². The molecule has 0 saturated heterocycles. The lowest BCUT2D eigenvalue weighted by Gasteiger charge is -2.18. The summed E-state index contributed by atoms with van der Waals surface area (Å²) in [6.07, 6.45) is 11.8. The normalized spacial score (nSPS) is 17.6. The van der Waals surface area contributed by atoms with Gasteiger partial charge in [-0.15, -0.1) is 0 Å². The molecule has 6 heteroatoms. The Labute approximate surface area is 192 Å². The number of allylic oxidation sites excluding steroid dienone is 1. The fourth-order valence-electron chi connectivity index (χ4n) is 4.52. The fraction of sp³-hybridized carbons (Fsp3) is 0.296. The second-order valence-corrected chi connectivity index (χ2v) is 8.71. The van der Waals surface area contributed by atoms with Crippen LogP contribution in [-0.2, 0) is 16.6 Å². The van der Waals surface area contributed by atoms with Gasteiger partial charge >= 0.3 is 0 Å². The van der Waals surface area contributed by atoms with Gasteiger partial charge in [0.15, 0.2) is 0 Å². The van der Waals surface area contributed by atoms with Crippen molar-refractivity contribution in [2.75, 3.05) is 0 Å². The number of carbonyl (C=O) groups is 1. The number of aryl methyl sites for hydroxylation is 1. The number of benzene rings is 2. The van der Waals surface area contributed by atoms with Crippen molar-refractivity contribution in [2.24, 2.45) is 5.92 Å². The maximum absolute atomic E-state index is 14.0. The molecular formula is C27H27F2N3O. The lowest BCUT2D eigenvalue weighted by atomic mass is 9.85. The second-order valence-electron chi connectivity index (χ2n) is 8.71. The van der Waals surface area contributed by atoms with Crippen LogP contribution < -0.4 is 5.32 Å². The van der Waals surface area contributed by atoms with Gasteiger partial charge in [0.2, 0.25) is 5.91 Å². The van der Waals surface area contributed by atoms with Crippen molar-refractivity contribution in [3.8, 4) is 0 Å². The molecule has 1 amide bonds. The van der Waals surface area contributed by atoms with Crippen LogP contribution in [0, 0.1) is 17.6 Å². The van der Waals surface area contributed by atoms with E-state index in [0.717, 1.165) is 36.0 Å². The summed E-state index contributed by atoms with van der Waals surface area (Å²) in [5.74, 6) is -0.830. The molecule has 0 aliphatic heterocycles. The Bertz CT molecular complexity index is 1090. The second kappa shape index (κ2) is 10.0. The molecule has 1 aromatic heterocycles. The summed E-state index contributed by atoms with van der Waals surface area (Å²) in [6, 6.07) is 12.9. The summed E-state index contributed by atoms with van der Waals surface area (Å²) in [7, 11) is 0. The predicted octanol–water partition coefficient (Wildman–Crippen LogP) is 5.14. The number of nitrogens with one attached hydrogen (secondary N) is 1. The van der Waals surface area contributed by atoms with Gasteiger partial charge in [-0.3, -0.25) is 4.79 Å². The van der Waals surface area contributed by atoms with Crippen LogP contribution in [0.1, 0.15) is 42.9 Å². The summed E-state index contributed by atoms with van der Waals surface area (Å²) in [5, 5.41) is 3.00. The zero-order chi connectivity index (χ0) is 23.3. The van der Waals surface area contributed by atoms with Crippen molar-refractivity contribution in [1.82, 2.24) is 15.3 Å². The lowest BCUT2D eigenvalue weighted by molar-refractivity contribution is -0.117. The Morgan fingerprint density at radius 1 is 1.12 bits per heavy atom. The Morgan fingerprint density at radius 3 is 2.36 bits per heavy atom. The molecule has 0 bridgehead atoms. The average molecular weight is 448 g/mol. The van der Waals surface area contributed by atoms with Gasteiger partial charge in [0.05, 0.1) is 0 Å². The van der Waals surface area contributed by atoms with Crippen LogP contribution in [-0.4, -0.2) is 21.9 Å². The first-order valence-corrected chi connectivity index (χ1v) is 11.2. The summed E-state index contributed by atoms with van der Waals surface area (Å²) in [5.41, 5.74) is 2.14. The number of rotatable bonds is 9. The lowest BCUT2D eigenvalue weighted by Crippen LogP contribution is -2.31. The number of amides is 1. The number of carbonyl (C=O) groups excluding carboxylic acids is 1. The molecule has 3 aromatic rings. The van der Waals surface area contributed by atoms with Crippen molar-refractivity contribution in [2.45, 2.75) is 44.1 Å². The van der Waals surface area contributed by atoms with Gasteiger partial charge < -0.3 is 5.32 Å². The third-order valence-electron chi connectivity index (χ3n) is 6.28. The van der Waals surface area contributed by atoms with E-state index < -0.39 is 5.41 Å². The minimum atomic E-state index is -0.523. The molecule has 1 saturated carbocycles. The molecular weight excluding hydrogens is 420 g/mol. The van der Waals surface area contributed by atoms with Crippen LogP contribution in [0.15, 0.2) is 79.4 Å². The standard InChI is InChI=1S/C27H27F2N3O/c1-19(5-2-6-20-16-30-18-31-17-20)32-26(33)12-11-23-15-27(23,21-7-3-9-24(28)13-21)22-8-4-10-25(29)14-22/h3-4,7-14,16-19,23H,2,5-6,15H2,1H3,(H,32,33)/t19-,23-/m0/s1. The molecule has 1 fully saturated rings. The first kappa shape index (κ1) is 22.8. The van der Waals surface area contributed by atoms with Gasteiger partial charge in [0, 0.05) is 23.9 Å². The number of hydrogen-bond donors (Lipinski definition) is 1. The highest BCUT2D eigenvalue weighted by atomic mass is 19.1. The molecule has 1 N–H and O–H groups in total. The van der Waals surface area contributed by atoms with Gasteiger partial charge in [0.1, 0.15) is 18.0 Å². The molecule has 170 valence electrons. The van der Waals surface area contributed by atoms with E-state index in [1.165, 1.54) is 30.6 Å². The van der Waals surface area contributed by atoms with Crippen LogP contribution >= 0.6 is 0 Å². The highest BCUT2D eigenvalue weighted by molar-refractivity contribution is 5.87. The molecule has 2 aromatic carbocycles. The first-order chi connectivity index (χ1) is 16.0. The Balaban J connectivity index is 1.38. The van der Waals surface area contributed by atoms with E-state index >= 15 is 0 Å². The average Bonchev–Trinajstić information content (AvgIpc) is 3.54. The van der Waals surface area contributed by atoms with Gasteiger partial charge in [-0.25, -0.2) is 18.7 Å². The Kier molecular flexibility index (Phi) is 6.92. The monoisotopic (exact) mass is 447 g/mol.